The molecule has 2 aliphatic heterocycles. The third-order valence-corrected chi connectivity index (χ3v) is 5.16. The summed E-state index contributed by atoms with van der Waals surface area (Å²) < 4.78 is 32.7. The first-order valence-electron chi connectivity index (χ1n) is 7.89. The number of ether oxygens (including phenoxy) is 1. The van der Waals surface area contributed by atoms with Crippen LogP contribution in [0.5, 0.6) is 0 Å². The van der Waals surface area contributed by atoms with E-state index in [1.54, 1.807) is 5.38 Å². The number of rotatable bonds is 5. The number of hydrogen-bond donors (Lipinski definition) is 4. The summed E-state index contributed by atoms with van der Waals surface area (Å²) in [5, 5.41) is 33.6. The van der Waals surface area contributed by atoms with Crippen LogP contribution in [0.3, 0.4) is 0 Å². The molecule has 0 bridgehead atoms. The van der Waals surface area contributed by atoms with Gasteiger partial charge in [0.2, 0.25) is 0 Å². The van der Waals surface area contributed by atoms with Gasteiger partial charge < -0.3 is 25.4 Å². The Balaban J connectivity index is 1.93. The van der Waals surface area contributed by atoms with E-state index in [1.807, 2.05) is 0 Å². The van der Waals surface area contributed by atoms with Crippen LogP contribution in [0.4, 0.5) is 8.78 Å². The molecule has 28 heavy (non-hydrogen) atoms. The highest BCUT2D eigenvalue weighted by Crippen LogP contribution is 2.40. The summed E-state index contributed by atoms with van der Waals surface area (Å²) in [7, 11) is 1.13. The number of esters is 1. The number of halogens is 2. The molecule has 0 spiro atoms. The SMILES string of the molecule is COC(=O)C1=C(CN2CC(F)(F)C(O)(O)C2C(=O)O)NC(c2nccs2)=NC1. The zero-order valence-electron chi connectivity index (χ0n) is 14.4. The molecular formula is C15H16F2N4O6S. The molecule has 1 aromatic rings. The van der Waals surface area contributed by atoms with Crippen molar-refractivity contribution in [3.05, 3.63) is 27.9 Å². The summed E-state index contributed by atoms with van der Waals surface area (Å²) in [5.41, 5.74) is 0.0652. The molecule has 1 atom stereocenters. The van der Waals surface area contributed by atoms with E-state index in [9.17, 15) is 33.7 Å². The fourth-order valence-corrected chi connectivity index (χ4v) is 3.61. The van der Waals surface area contributed by atoms with Crippen LogP contribution in [0.2, 0.25) is 0 Å². The Hall–Kier alpha value is -2.48. The summed E-state index contributed by atoms with van der Waals surface area (Å²) in [5.74, 6) is -10.2. The lowest BCUT2D eigenvalue weighted by molar-refractivity contribution is -0.279. The summed E-state index contributed by atoms with van der Waals surface area (Å²) in [6.45, 7) is -1.89. The zero-order chi connectivity index (χ0) is 20.7. The molecule has 1 unspecified atom stereocenters. The average Bonchev–Trinajstić information content (AvgIpc) is 3.19. The van der Waals surface area contributed by atoms with E-state index in [2.05, 4.69) is 20.0 Å². The van der Waals surface area contributed by atoms with Gasteiger partial charge in [0, 0.05) is 23.8 Å². The maximum Gasteiger partial charge on any atom is 0.337 e. The third-order valence-electron chi connectivity index (χ3n) is 4.38. The van der Waals surface area contributed by atoms with Gasteiger partial charge in [0.25, 0.3) is 5.79 Å². The minimum atomic E-state index is -4.09. The van der Waals surface area contributed by atoms with E-state index in [1.165, 1.54) is 17.5 Å². The third kappa shape index (κ3) is 3.37. The Morgan fingerprint density at radius 2 is 2.18 bits per heavy atom. The monoisotopic (exact) mass is 418 g/mol. The highest BCUT2D eigenvalue weighted by Gasteiger charge is 2.68. The summed E-state index contributed by atoms with van der Waals surface area (Å²) in [4.78, 5) is 32.4. The van der Waals surface area contributed by atoms with Crippen molar-refractivity contribution in [3.63, 3.8) is 0 Å². The highest BCUT2D eigenvalue weighted by atomic mass is 32.1. The van der Waals surface area contributed by atoms with Gasteiger partial charge in [-0.15, -0.1) is 11.3 Å². The number of nitrogens with zero attached hydrogens (tertiary/aromatic N) is 3. The average molecular weight is 418 g/mol. The van der Waals surface area contributed by atoms with Gasteiger partial charge in [0.1, 0.15) is 0 Å². The lowest BCUT2D eigenvalue weighted by Gasteiger charge is -2.29. The second-order valence-corrected chi connectivity index (χ2v) is 7.05. The number of methoxy groups -OCH3 is 1. The predicted octanol–water partition coefficient (Wildman–Crippen LogP) is -0.995. The minimum Gasteiger partial charge on any atom is -0.480 e. The fourth-order valence-electron chi connectivity index (χ4n) is 3.01. The van der Waals surface area contributed by atoms with Crippen molar-refractivity contribution in [2.75, 3.05) is 26.7 Å². The van der Waals surface area contributed by atoms with Crippen LogP contribution >= 0.6 is 11.3 Å². The van der Waals surface area contributed by atoms with Crippen molar-refractivity contribution < 1.29 is 38.4 Å². The molecule has 0 aromatic carbocycles. The molecule has 13 heteroatoms. The number of carboxylic acids is 1. The normalized spacial score (nSPS) is 23.9. The number of aliphatic imine (C=N–C) groups is 1. The first-order chi connectivity index (χ1) is 13.1. The number of aromatic nitrogens is 1. The van der Waals surface area contributed by atoms with Gasteiger partial charge in [-0.2, -0.15) is 8.78 Å². The number of likely N-dealkylation sites (tertiary alicyclic amines) is 1. The topological polar surface area (TPSA) is 145 Å². The molecule has 0 saturated carbocycles. The van der Waals surface area contributed by atoms with Crippen LogP contribution in [0.15, 0.2) is 27.8 Å². The van der Waals surface area contributed by atoms with Crippen molar-refractivity contribution in [2.24, 2.45) is 4.99 Å². The van der Waals surface area contributed by atoms with E-state index in [0.29, 0.717) is 9.91 Å². The number of aliphatic hydroxyl groups is 2. The van der Waals surface area contributed by atoms with E-state index in [0.717, 1.165) is 7.11 Å². The van der Waals surface area contributed by atoms with Gasteiger partial charge in [0.05, 0.1) is 25.8 Å². The van der Waals surface area contributed by atoms with Gasteiger partial charge in [-0.05, 0) is 0 Å². The highest BCUT2D eigenvalue weighted by molar-refractivity contribution is 7.11. The van der Waals surface area contributed by atoms with E-state index in [4.69, 9.17) is 0 Å². The number of carboxylic acid groups (broad SMARTS) is 1. The number of hydrogen-bond acceptors (Lipinski definition) is 10. The molecule has 0 amide bonds. The van der Waals surface area contributed by atoms with E-state index >= 15 is 0 Å². The van der Waals surface area contributed by atoms with Gasteiger partial charge in [-0.25, -0.2) is 9.78 Å². The molecule has 1 fully saturated rings. The van der Waals surface area contributed by atoms with E-state index < -0.39 is 42.8 Å². The number of carbonyl (C=O) groups is 2. The molecule has 4 N–H and O–H groups in total. The summed E-state index contributed by atoms with van der Waals surface area (Å²) in [6.07, 6.45) is 1.52. The largest absolute Gasteiger partial charge is 0.480 e. The van der Waals surface area contributed by atoms with Crippen molar-refractivity contribution >= 4 is 29.1 Å². The first-order valence-corrected chi connectivity index (χ1v) is 8.77. The fraction of sp³-hybridized carbons (Fsp3) is 0.467. The first kappa shape index (κ1) is 20.3. The second-order valence-electron chi connectivity index (χ2n) is 6.15. The molecule has 1 saturated heterocycles. The maximum atomic E-state index is 14.0. The summed E-state index contributed by atoms with van der Waals surface area (Å²) in [6, 6.07) is -2.31. The number of amidine groups is 1. The molecule has 3 rings (SSSR count). The van der Waals surface area contributed by atoms with Crippen molar-refractivity contribution in [1.82, 2.24) is 15.2 Å². The molecule has 2 aliphatic rings. The van der Waals surface area contributed by atoms with Crippen LogP contribution in [-0.4, -0.2) is 87.5 Å². The van der Waals surface area contributed by atoms with Crippen LogP contribution in [0, 0.1) is 0 Å². The molecule has 10 nitrogen and oxygen atoms in total. The molecule has 1 aromatic heterocycles. The predicted molar refractivity (Wildman–Crippen MR) is 90.8 cm³/mol. The Morgan fingerprint density at radius 3 is 2.75 bits per heavy atom. The standard InChI is InChI=1S/C15H16F2N4O6S/c1-27-13(24)7-4-19-10(11-18-2-3-28-11)20-8(7)5-21-6-14(16,17)15(25,26)9(21)12(22)23/h2-3,9,25-26H,4-6H2,1H3,(H,19,20)(H,22,23). The van der Waals surface area contributed by atoms with Gasteiger partial charge in [0.15, 0.2) is 16.9 Å². The Bertz CT molecular complexity index is 855. The molecule has 3 heterocycles. The van der Waals surface area contributed by atoms with Crippen LogP contribution in [0.25, 0.3) is 0 Å². The van der Waals surface area contributed by atoms with Crippen LogP contribution < -0.4 is 5.32 Å². The van der Waals surface area contributed by atoms with Crippen LogP contribution in [-0.2, 0) is 14.3 Å². The number of aliphatic carboxylic acids is 1. The number of alkyl halides is 2. The minimum absolute atomic E-state index is 0.00337. The van der Waals surface area contributed by atoms with E-state index in [-0.39, 0.29) is 23.7 Å². The Kier molecular flexibility index (Phi) is 5.18. The number of nitrogens with one attached hydrogen (secondary N) is 1. The lowest BCUT2D eigenvalue weighted by atomic mass is 10.1. The maximum absolute atomic E-state index is 14.0. The summed E-state index contributed by atoms with van der Waals surface area (Å²) >= 11 is 1.24. The second kappa shape index (κ2) is 7.16. The lowest BCUT2D eigenvalue weighted by Crippen LogP contribution is -2.56. The van der Waals surface area contributed by atoms with Crippen LogP contribution in [0.1, 0.15) is 5.01 Å². The number of thiazole rings is 1. The molecule has 152 valence electrons. The van der Waals surface area contributed by atoms with Gasteiger partial charge in [-0.3, -0.25) is 14.7 Å². The van der Waals surface area contributed by atoms with Crippen molar-refractivity contribution in [2.45, 2.75) is 17.8 Å². The Labute approximate surface area is 160 Å². The Morgan fingerprint density at radius 1 is 1.46 bits per heavy atom. The van der Waals surface area contributed by atoms with Crippen molar-refractivity contribution in [1.29, 1.82) is 0 Å². The van der Waals surface area contributed by atoms with Crippen molar-refractivity contribution in [3.8, 4) is 0 Å². The number of carbonyl (C=O) groups excluding carboxylic acids is 1. The smallest absolute Gasteiger partial charge is 0.337 e. The van der Waals surface area contributed by atoms with Gasteiger partial charge in [-0.1, -0.05) is 0 Å². The van der Waals surface area contributed by atoms with Gasteiger partial charge >= 0.3 is 17.9 Å². The zero-order valence-corrected chi connectivity index (χ0v) is 15.2. The molecule has 0 aliphatic carbocycles. The molecular weight excluding hydrogens is 402 g/mol. The quantitative estimate of drug-likeness (QED) is 0.350. The molecule has 0 radical (unpaired) electrons.